The van der Waals surface area contributed by atoms with E-state index in [0.29, 0.717) is 12.4 Å². The van der Waals surface area contributed by atoms with E-state index in [0.717, 1.165) is 18.4 Å². The molecular weight excluding hydrogens is 448 g/mol. The first-order valence-electron chi connectivity index (χ1n) is 13.3. The van der Waals surface area contributed by atoms with Crippen molar-refractivity contribution in [1.29, 1.82) is 0 Å². The lowest BCUT2D eigenvalue weighted by atomic mass is 10.0. The number of ether oxygens (including phenoxy) is 3. The van der Waals surface area contributed by atoms with Gasteiger partial charge in [0.05, 0.1) is 5.75 Å². The highest BCUT2D eigenvalue weighted by Gasteiger charge is 2.28. The third kappa shape index (κ3) is 12.8. The number of hydrogen-bond acceptors (Lipinski definition) is 6. The molecule has 192 valence electrons. The van der Waals surface area contributed by atoms with E-state index in [2.05, 4.69) is 6.92 Å². The van der Waals surface area contributed by atoms with E-state index in [1.807, 2.05) is 30.3 Å². The van der Waals surface area contributed by atoms with E-state index >= 15 is 0 Å². The lowest BCUT2D eigenvalue weighted by molar-refractivity contribution is -0.162. The molecule has 0 bridgehead atoms. The molecule has 0 spiro atoms. The van der Waals surface area contributed by atoms with Gasteiger partial charge in [-0.2, -0.15) is 0 Å². The lowest BCUT2D eigenvalue weighted by Crippen LogP contribution is -2.23. The van der Waals surface area contributed by atoms with E-state index in [1.165, 1.54) is 88.8 Å². The minimum atomic E-state index is -0.745. The van der Waals surface area contributed by atoms with Crippen LogP contribution in [0.1, 0.15) is 108 Å². The zero-order valence-electron chi connectivity index (χ0n) is 21.0. The third-order valence-corrected chi connectivity index (χ3v) is 7.12. The number of unbranched alkanes of at least 4 members (excludes halogenated alkanes) is 13. The van der Waals surface area contributed by atoms with Gasteiger partial charge < -0.3 is 14.2 Å². The van der Waals surface area contributed by atoms with Crippen molar-refractivity contribution >= 4 is 23.7 Å². The average Bonchev–Trinajstić information content (AvgIpc) is 3.28. The zero-order valence-corrected chi connectivity index (χ0v) is 21.8. The number of cyclic esters (lactones) is 1. The summed E-state index contributed by atoms with van der Waals surface area (Å²) in [5, 5.41) is 0. The molecule has 1 aliphatic rings. The van der Waals surface area contributed by atoms with Gasteiger partial charge in [-0.15, -0.1) is 11.8 Å². The van der Waals surface area contributed by atoms with Crippen LogP contribution in [-0.2, 0) is 23.8 Å². The Balaban J connectivity index is 1.53. The maximum atomic E-state index is 12.7. The predicted molar refractivity (Wildman–Crippen MR) is 139 cm³/mol. The topological polar surface area (TPSA) is 61.8 Å². The minimum Gasteiger partial charge on any atom is -0.459 e. The molecule has 1 aromatic rings. The number of hydrogen-bond donors (Lipinski definition) is 0. The van der Waals surface area contributed by atoms with Gasteiger partial charge in [-0.05, 0) is 12.0 Å². The molecule has 1 aliphatic heterocycles. The summed E-state index contributed by atoms with van der Waals surface area (Å²) in [5.41, 5.74) is 0.368. The van der Waals surface area contributed by atoms with Crippen molar-refractivity contribution in [3.63, 3.8) is 0 Å². The number of esters is 2. The summed E-state index contributed by atoms with van der Waals surface area (Å²) < 4.78 is 16.4. The van der Waals surface area contributed by atoms with Crippen LogP contribution in [0.2, 0.25) is 0 Å². The Labute approximate surface area is 210 Å². The lowest BCUT2D eigenvalue weighted by Gasteiger charge is -2.18. The van der Waals surface area contributed by atoms with Crippen molar-refractivity contribution in [3.05, 3.63) is 35.9 Å². The number of rotatable bonds is 20. The molecular formula is C28H44O5S. The number of carbonyl (C=O) groups is 2. The molecule has 1 saturated heterocycles. The fraction of sp³-hybridized carbons (Fsp3) is 0.714. The number of carbonyl (C=O) groups excluding carboxylic acids is 2. The van der Waals surface area contributed by atoms with Crippen molar-refractivity contribution < 1.29 is 23.8 Å². The molecule has 2 atom stereocenters. The van der Waals surface area contributed by atoms with Crippen LogP contribution in [0.4, 0.5) is 0 Å². The molecule has 1 heterocycles. The Hall–Kier alpha value is -1.53. The quantitative estimate of drug-likeness (QED) is 0.140. The Morgan fingerprint density at radius 3 is 2.00 bits per heavy atom. The molecule has 0 amide bonds. The van der Waals surface area contributed by atoms with Crippen molar-refractivity contribution in [2.75, 3.05) is 19.0 Å². The van der Waals surface area contributed by atoms with E-state index in [9.17, 15) is 9.59 Å². The van der Waals surface area contributed by atoms with E-state index in [-0.39, 0.29) is 12.6 Å². The summed E-state index contributed by atoms with van der Waals surface area (Å²) in [4.78, 5) is 23.9. The molecule has 0 N–H and O–H groups in total. The number of benzene rings is 1. The van der Waals surface area contributed by atoms with Gasteiger partial charge in [-0.25, -0.2) is 4.79 Å². The van der Waals surface area contributed by atoms with Crippen molar-refractivity contribution in [3.8, 4) is 0 Å². The van der Waals surface area contributed by atoms with Crippen molar-refractivity contribution in [2.24, 2.45) is 0 Å². The molecule has 34 heavy (non-hydrogen) atoms. The van der Waals surface area contributed by atoms with Crippen LogP contribution >= 0.6 is 11.8 Å². The van der Waals surface area contributed by atoms with Gasteiger partial charge in [0, 0.05) is 6.61 Å². The van der Waals surface area contributed by atoms with E-state index < -0.39 is 17.5 Å². The third-order valence-electron chi connectivity index (χ3n) is 6.11. The summed E-state index contributed by atoms with van der Waals surface area (Å²) >= 11 is 1.35. The second kappa shape index (κ2) is 18.8. The predicted octanol–water partition coefficient (Wildman–Crippen LogP) is 7.38. The van der Waals surface area contributed by atoms with Gasteiger partial charge in [0.2, 0.25) is 0 Å². The highest BCUT2D eigenvalue weighted by atomic mass is 32.2. The molecule has 2 rings (SSSR count). The summed E-state index contributed by atoms with van der Waals surface area (Å²) in [6.45, 7) is 2.85. The molecule has 6 heteroatoms. The second-order valence-corrected chi connectivity index (χ2v) is 10.3. The largest absolute Gasteiger partial charge is 0.459 e. The summed E-state index contributed by atoms with van der Waals surface area (Å²) in [6.07, 6.45) is 17.6. The molecule has 1 fully saturated rings. The summed E-state index contributed by atoms with van der Waals surface area (Å²) in [7, 11) is 0. The Morgan fingerprint density at radius 1 is 0.912 bits per heavy atom. The Bertz CT molecular complexity index is 666. The van der Waals surface area contributed by atoms with Crippen LogP contribution in [0.25, 0.3) is 0 Å². The van der Waals surface area contributed by atoms with E-state index in [1.54, 1.807) is 0 Å². The number of thioether (sulfide) groups is 1. The summed E-state index contributed by atoms with van der Waals surface area (Å²) in [5.74, 6) is -0.389. The maximum Gasteiger partial charge on any atom is 0.340 e. The highest BCUT2D eigenvalue weighted by Crippen LogP contribution is 2.24. The Kier molecular flexibility index (Phi) is 15.8. The maximum absolute atomic E-state index is 12.7. The van der Waals surface area contributed by atoms with E-state index in [4.69, 9.17) is 14.2 Å². The van der Waals surface area contributed by atoms with Crippen LogP contribution in [0.3, 0.4) is 0 Å². The van der Waals surface area contributed by atoms with Gasteiger partial charge in [0.1, 0.15) is 6.61 Å². The zero-order chi connectivity index (χ0) is 24.3. The molecule has 0 aliphatic carbocycles. The average molecular weight is 493 g/mol. The van der Waals surface area contributed by atoms with Crippen LogP contribution in [0.5, 0.6) is 0 Å². The van der Waals surface area contributed by atoms with Gasteiger partial charge in [0.25, 0.3) is 0 Å². The fourth-order valence-corrected chi connectivity index (χ4v) is 4.84. The van der Waals surface area contributed by atoms with Crippen LogP contribution < -0.4 is 0 Å². The van der Waals surface area contributed by atoms with Gasteiger partial charge in [0.15, 0.2) is 11.5 Å². The van der Waals surface area contributed by atoms with Gasteiger partial charge >= 0.3 is 11.9 Å². The molecule has 0 radical (unpaired) electrons. The fourth-order valence-electron chi connectivity index (χ4n) is 4.11. The first-order valence-corrected chi connectivity index (χ1v) is 14.4. The molecule has 0 saturated carbocycles. The van der Waals surface area contributed by atoms with Gasteiger partial charge in [-0.3, -0.25) is 4.79 Å². The minimum absolute atomic E-state index is 0.0563. The van der Waals surface area contributed by atoms with Gasteiger partial charge in [-0.1, -0.05) is 121 Å². The second-order valence-electron chi connectivity index (χ2n) is 9.12. The molecule has 0 aromatic heterocycles. The van der Waals surface area contributed by atoms with Crippen LogP contribution in [-0.4, -0.2) is 36.3 Å². The highest BCUT2D eigenvalue weighted by molar-refractivity contribution is 8.00. The van der Waals surface area contributed by atoms with Crippen molar-refractivity contribution in [1.82, 2.24) is 0 Å². The smallest absolute Gasteiger partial charge is 0.340 e. The Morgan fingerprint density at radius 2 is 1.47 bits per heavy atom. The normalized spacial score (nSPS) is 16.4. The SMILES string of the molecule is CCCCCCCCCCCCCCCCO[C@H](C(=O)OC[C@H]1OC(=O)CS1)c1ccccc1. The van der Waals surface area contributed by atoms with Crippen molar-refractivity contribution in [2.45, 2.75) is 108 Å². The first kappa shape index (κ1) is 28.7. The first-order chi connectivity index (χ1) is 16.7. The van der Waals surface area contributed by atoms with Crippen LogP contribution in [0.15, 0.2) is 30.3 Å². The van der Waals surface area contributed by atoms with Crippen LogP contribution in [0, 0.1) is 0 Å². The molecule has 5 nitrogen and oxygen atoms in total. The monoisotopic (exact) mass is 492 g/mol. The summed E-state index contributed by atoms with van der Waals surface area (Å²) in [6, 6.07) is 9.44. The molecule has 0 unspecified atom stereocenters. The standard InChI is InChI=1S/C28H44O5S/c1-2-3-4-5-6-7-8-9-10-11-12-13-14-18-21-31-27(24-19-16-15-17-20-24)28(30)32-22-26-33-25(29)23-34-26/h15-17,19-20,26-27H,2-14,18,21-23H2,1H3/t26-,27-/m0/s1. The molecule has 1 aromatic carbocycles.